The molecule has 0 amide bonds. The maximum Gasteiger partial charge on any atom is 0.308 e. The minimum atomic E-state index is -0.256. The summed E-state index contributed by atoms with van der Waals surface area (Å²) in [5, 5.41) is 10.9. The summed E-state index contributed by atoms with van der Waals surface area (Å²) in [5.74, 6) is 0.801. The van der Waals surface area contributed by atoms with Crippen molar-refractivity contribution in [1.82, 2.24) is 4.90 Å². The Kier molecular flexibility index (Phi) is 46.4. The van der Waals surface area contributed by atoms with Crippen LogP contribution in [0.1, 0.15) is 285 Å². The fraction of sp³-hybridized carbons (Fsp3) is 0.963. The van der Waals surface area contributed by atoms with E-state index in [9.17, 15) is 14.7 Å². The van der Waals surface area contributed by atoms with E-state index < -0.39 is 0 Å². The van der Waals surface area contributed by atoms with E-state index in [-0.39, 0.29) is 24.0 Å². The van der Waals surface area contributed by atoms with Crippen molar-refractivity contribution < 1.29 is 24.2 Å². The van der Waals surface area contributed by atoms with Crippen LogP contribution in [-0.2, 0) is 19.1 Å². The Labute approximate surface area is 375 Å². The monoisotopic (exact) mass is 850 g/mol. The number of carbonyl (C=O) groups excluding carboxylic acids is 2. The number of unbranched alkanes of at least 4 members (excludes halogenated alkanes) is 25. The van der Waals surface area contributed by atoms with Gasteiger partial charge >= 0.3 is 11.9 Å². The average Bonchev–Trinajstić information content (AvgIpc) is 3.24. The normalized spacial score (nSPS) is 13.2. The first-order chi connectivity index (χ1) is 29.4. The molecule has 0 fully saturated rings. The van der Waals surface area contributed by atoms with Crippen LogP contribution in [0.4, 0.5) is 0 Å². The number of rotatable bonds is 49. The van der Waals surface area contributed by atoms with E-state index >= 15 is 0 Å². The lowest BCUT2D eigenvalue weighted by Gasteiger charge is -2.25. The number of nitrogens with zero attached hydrogens (tertiary/aromatic N) is 1. The number of aliphatic hydroxyl groups excluding tert-OH is 1. The fourth-order valence-corrected chi connectivity index (χ4v) is 8.82. The van der Waals surface area contributed by atoms with Crippen LogP contribution in [0.3, 0.4) is 0 Å². The van der Waals surface area contributed by atoms with Gasteiger partial charge < -0.3 is 19.5 Å². The van der Waals surface area contributed by atoms with Gasteiger partial charge in [0.05, 0.1) is 25.2 Å². The first-order valence-corrected chi connectivity index (χ1v) is 27.1. The van der Waals surface area contributed by atoms with Gasteiger partial charge in [-0.1, -0.05) is 227 Å². The van der Waals surface area contributed by atoms with Gasteiger partial charge in [0.2, 0.25) is 0 Å². The third-order valence-electron chi connectivity index (χ3n) is 12.9. The Balaban J connectivity index is 4.56. The summed E-state index contributed by atoms with van der Waals surface area (Å²) >= 11 is 0. The number of hydrogen-bond acceptors (Lipinski definition) is 6. The molecule has 3 atom stereocenters. The topological polar surface area (TPSA) is 76.1 Å². The largest absolute Gasteiger partial charge is 0.466 e. The Morgan fingerprint density at radius 1 is 0.417 bits per heavy atom. The molecule has 3 unspecified atom stereocenters. The van der Waals surface area contributed by atoms with E-state index in [0.717, 1.165) is 116 Å². The third-order valence-corrected chi connectivity index (χ3v) is 12.9. The summed E-state index contributed by atoms with van der Waals surface area (Å²) in [6, 6.07) is 0. The number of aliphatic hydroxyl groups is 1. The lowest BCUT2D eigenvalue weighted by Crippen LogP contribution is -2.34. The van der Waals surface area contributed by atoms with Gasteiger partial charge in [0.15, 0.2) is 0 Å². The molecule has 0 rings (SSSR count). The van der Waals surface area contributed by atoms with Crippen molar-refractivity contribution >= 4 is 11.9 Å². The lowest BCUT2D eigenvalue weighted by molar-refractivity contribution is -0.149. The molecule has 0 saturated heterocycles. The Morgan fingerprint density at radius 3 is 1.27 bits per heavy atom. The zero-order chi connectivity index (χ0) is 44.0. The SMILES string of the molecule is CCCCCCCCC(CCCCCC)CCC(=O)OCCCCCCN(CCCCCCOC(=O)C(CCCCCC)CCCCCCCC)CC(O)CCCCCC. The van der Waals surface area contributed by atoms with Crippen molar-refractivity contribution in [3.05, 3.63) is 0 Å². The van der Waals surface area contributed by atoms with Crippen LogP contribution in [0.25, 0.3) is 0 Å². The van der Waals surface area contributed by atoms with Gasteiger partial charge in [-0.3, -0.25) is 9.59 Å². The molecule has 0 spiro atoms. The molecule has 0 radical (unpaired) electrons. The molecular weight excluding hydrogens is 743 g/mol. The molecule has 358 valence electrons. The lowest BCUT2D eigenvalue weighted by atomic mass is 9.90. The summed E-state index contributed by atoms with van der Waals surface area (Å²) in [6.45, 7) is 15.2. The van der Waals surface area contributed by atoms with Crippen LogP contribution in [0.2, 0.25) is 0 Å². The zero-order valence-electron chi connectivity index (χ0n) is 41.4. The molecule has 0 bridgehead atoms. The molecule has 6 nitrogen and oxygen atoms in total. The van der Waals surface area contributed by atoms with Gasteiger partial charge in [0.1, 0.15) is 0 Å². The quantitative estimate of drug-likeness (QED) is 0.0485. The van der Waals surface area contributed by atoms with Crippen molar-refractivity contribution in [2.45, 2.75) is 291 Å². The zero-order valence-corrected chi connectivity index (χ0v) is 41.4. The van der Waals surface area contributed by atoms with E-state index in [4.69, 9.17) is 9.47 Å². The third kappa shape index (κ3) is 40.9. The van der Waals surface area contributed by atoms with Crippen LogP contribution in [0.5, 0.6) is 0 Å². The minimum Gasteiger partial charge on any atom is -0.466 e. The molecule has 0 saturated carbocycles. The molecule has 0 aromatic carbocycles. The Bertz CT molecular complexity index is 882. The van der Waals surface area contributed by atoms with Gasteiger partial charge in [0.25, 0.3) is 0 Å². The number of esters is 2. The van der Waals surface area contributed by atoms with Gasteiger partial charge in [-0.25, -0.2) is 0 Å². The fourth-order valence-electron chi connectivity index (χ4n) is 8.82. The standard InChI is InChI=1S/C54H107NO5/c1-6-11-16-21-23-30-39-50(38-29-18-13-8-3)43-44-53(57)59-47-36-27-25-34-45-55(49-52(56)42-33-20-15-10-5)46-35-26-28-37-48-60-54(58)51(40-31-19-14-9-4)41-32-24-22-17-12-7-2/h50-52,56H,6-49H2,1-5H3. The van der Waals surface area contributed by atoms with E-state index in [0.29, 0.717) is 25.6 Å². The summed E-state index contributed by atoms with van der Waals surface area (Å²) in [6.07, 6.45) is 45.7. The van der Waals surface area contributed by atoms with E-state index in [1.165, 1.54) is 148 Å². The molecule has 60 heavy (non-hydrogen) atoms. The molecular formula is C54H107NO5. The van der Waals surface area contributed by atoms with Crippen molar-refractivity contribution in [3.63, 3.8) is 0 Å². The highest BCUT2D eigenvalue weighted by Gasteiger charge is 2.19. The Hall–Kier alpha value is -1.14. The minimum absolute atomic E-state index is 0.000683. The smallest absolute Gasteiger partial charge is 0.308 e. The van der Waals surface area contributed by atoms with E-state index in [2.05, 4.69) is 39.5 Å². The van der Waals surface area contributed by atoms with E-state index in [1.807, 2.05) is 0 Å². The second-order valence-electron chi connectivity index (χ2n) is 18.9. The van der Waals surface area contributed by atoms with Crippen LogP contribution in [0, 0.1) is 11.8 Å². The molecule has 0 aromatic rings. The molecule has 0 aliphatic rings. The molecule has 0 aliphatic heterocycles. The Morgan fingerprint density at radius 2 is 0.783 bits per heavy atom. The maximum atomic E-state index is 13.1. The second-order valence-corrected chi connectivity index (χ2v) is 18.9. The highest BCUT2D eigenvalue weighted by Crippen LogP contribution is 2.24. The maximum absolute atomic E-state index is 13.1. The van der Waals surface area contributed by atoms with Crippen molar-refractivity contribution in [2.75, 3.05) is 32.8 Å². The van der Waals surface area contributed by atoms with Gasteiger partial charge in [-0.2, -0.15) is 0 Å². The van der Waals surface area contributed by atoms with Gasteiger partial charge in [-0.05, 0) is 70.4 Å². The second kappa shape index (κ2) is 47.3. The summed E-state index contributed by atoms with van der Waals surface area (Å²) < 4.78 is 11.6. The first-order valence-electron chi connectivity index (χ1n) is 27.1. The predicted octanol–water partition coefficient (Wildman–Crippen LogP) is 16.3. The summed E-state index contributed by atoms with van der Waals surface area (Å²) in [7, 11) is 0. The van der Waals surface area contributed by atoms with Crippen LogP contribution < -0.4 is 0 Å². The molecule has 6 heteroatoms. The molecule has 0 heterocycles. The highest BCUT2D eigenvalue weighted by atomic mass is 16.5. The number of carbonyl (C=O) groups is 2. The molecule has 1 N–H and O–H groups in total. The molecule has 0 aliphatic carbocycles. The number of ether oxygens (including phenoxy) is 2. The van der Waals surface area contributed by atoms with Crippen LogP contribution in [-0.4, -0.2) is 60.9 Å². The van der Waals surface area contributed by atoms with Crippen molar-refractivity contribution in [3.8, 4) is 0 Å². The van der Waals surface area contributed by atoms with Gasteiger partial charge in [-0.15, -0.1) is 0 Å². The van der Waals surface area contributed by atoms with Gasteiger partial charge in [0, 0.05) is 13.0 Å². The molecule has 0 aromatic heterocycles. The average molecular weight is 850 g/mol. The van der Waals surface area contributed by atoms with Crippen molar-refractivity contribution in [1.29, 1.82) is 0 Å². The summed E-state index contributed by atoms with van der Waals surface area (Å²) in [4.78, 5) is 28.2. The first kappa shape index (κ1) is 58.9. The summed E-state index contributed by atoms with van der Waals surface area (Å²) in [5.41, 5.74) is 0. The predicted molar refractivity (Wildman–Crippen MR) is 260 cm³/mol. The van der Waals surface area contributed by atoms with Crippen LogP contribution in [0.15, 0.2) is 0 Å². The number of hydrogen-bond donors (Lipinski definition) is 1. The van der Waals surface area contributed by atoms with E-state index in [1.54, 1.807) is 0 Å². The highest BCUT2D eigenvalue weighted by molar-refractivity contribution is 5.72. The van der Waals surface area contributed by atoms with Crippen molar-refractivity contribution in [2.24, 2.45) is 11.8 Å². The van der Waals surface area contributed by atoms with Crippen LogP contribution >= 0.6 is 0 Å².